The summed E-state index contributed by atoms with van der Waals surface area (Å²) in [6, 6.07) is 17.2. The molecular formula is C20H20FN3O. The molecule has 1 aromatic heterocycles. The molecule has 1 aliphatic rings. The molecule has 0 saturated carbocycles. The summed E-state index contributed by atoms with van der Waals surface area (Å²) in [7, 11) is 0. The Kier molecular flexibility index (Phi) is 4.57. The van der Waals surface area contributed by atoms with Crippen molar-refractivity contribution >= 4 is 0 Å². The average molecular weight is 337 g/mol. The molecule has 1 aliphatic heterocycles. The van der Waals surface area contributed by atoms with Crippen LogP contribution in [0.1, 0.15) is 41.7 Å². The van der Waals surface area contributed by atoms with Gasteiger partial charge in [0, 0.05) is 12.5 Å². The number of nitrogens with zero attached hydrogens (tertiary/aromatic N) is 3. The molecule has 4 rings (SSSR count). The van der Waals surface area contributed by atoms with E-state index in [1.165, 1.54) is 6.07 Å². The quantitative estimate of drug-likeness (QED) is 0.702. The Labute approximate surface area is 146 Å². The van der Waals surface area contributed by atoms with Gasteiger partial charge in [0.25, 0.3) is 0 Å². The maximum absolute atomic E-state index is 13.5. The first-order chi connectivity index (χ1) is 12.3. The first kappa shape index (κ1) is 16.0. The summed E-state index contributed by atoms with van der Waals surface area (Å²) in [4.78, 5) is 6.81. The zero-order valence-electron chi connectivity index (χ0n) is 13.9. The molecule has 2 heterocycles. The predicted molar refractivity (Wildman–Crippen MR) is 92.3 cm³/mol. The normalized spacial score (nSPS) is 17.9. The molecule has 1 fully saturated rings. The lowest BCUT2D eigenvalue weighted by molar-refractivity contribution is 0.212. The topological polar surface area (TPSA) is 42.2 Å². The van der Waals surface area contributed by atoms with Crippen LogP contribution in [-0.2, 0) is 13.0 Å². The minimum absolute atomic E-state index is 0.188. The summed E-state index contributed by atoms with van der Waals surface area (Å²) in [5.74, 6) is 1.13. The minimum atomic E-state index is -0.188. The maximum atomic E-state index is 13.5. The lowest BCUT2D eigenvalue weighted by atomic mass is 10.0. The smallest absolute Gasteiger partial charge is 0.240 e. The van der Waals surface area contributed by atoms with Gasteiger partial charge in [0.1, 0.15) is 5.82 Å². The molecule has 25 heavy (non-hydrogen) atoms. The van der Waals surface area contributed by atoms with Gasteiger partial charge in [-0.05, 0) is 42.6 Å². The molecule has 4 nitrogen and oxygen atoms in total. The molecule has 1 saturated heterocycles. The second-order valence-electron chi connectivity index (χ2n) is 6.45. The van der Waals surface area contributed by atoms with Crippen molar-refractivity contribution in [3.63, 3.8) is 0 Å². The molecule has 128 valence electrons. The number of halogens is 1. The van der Waals surface area contributed by atoms with Gasteiger partial charge in [-0.1, -0.05) is 47.6 Å². The van der Waals surface area contributed by atoms with Gasteiger partial charge in [0.2, 0.25) is 5.89 Å². The Morgan fingerprint density at radius 1 is 1.12 bits per heavy atom. The van der Waals surface area contributed by atoms with E-state index in [0.717, 1.165) is 30.5 Å². The summed E-state index contributed by atoms with van der Waals surface area (Å²) in [6.07, 6.45) is 2.78. The fourth-order valence-corrected chi connectivity index (χ4v) is 3.49. The Balaban J connectivity index is 1.45. The highest BCUT2D eigenvalue weighted by molar-refractivity contribution is 5.21. The van der Waals surface area contributed by atoms with Crippen molar-refractivity contribution < 1.29 is 8.91 Å². The molecule has 0 spiro atoms. The van der Waals surface area contributed by atoms with E-state index in [1.54, 1.807) is 12.1 Å². The molecule has 0 radical (unpaired) electrons. The predicted octanol–water partition coefficient (Wildman–Crippen LogP) is 4.14. The van der Waals surface area contributed by atoms with Crippen LogP contribution in [0.15, 0.2) is 59.1 Å². The average Bonchev–Trinajstić information content (AvgIpc) is 3.26. The van der Waals surface area contributed by atoms with Crippen molar-refractivity contribution in [2.24, 2.45) is 0 Å². The first-order valence-corrected chi connectivity index (χ1v) is 8.63. The standard InChI is InChI=1S/C20H20FN3O/c21-17-9-4-8-16(13-17)18-10-5-11-24(18)14-20-22-19(23-25-20)12-15-6-2-1-3-7-15/h1-4,6-9,13,18H,5,10-12,14H2. The van der Waals surface area contributed by atoms with Crippen LogP contribution >= 0.6 is 0 Å². The Morgan fingerprint density at radius 3 is 2.84 bits per heavy atom. The van der Waals surface area contributed by atoms with Crippen LogP contribution in [0.5, 0.6) is 0 Å². The number of aromatic nitrogens is 2. The number of benzene rings is 2. The zero-order valence-corrected chi connectivity index (χ0v) is 13.9. The van der Waals surface area contributed by atoms with Crippen LogP contribution in [0.25, 0.3) is 0 Å². The van der Waals surface area contributed by atoms with Gasteiger partial charge in [0.15, 0.2) is 5.82 Å². The van der Waals surface area contributed by atoms with E-state index in [9.17, 15) is 4.39 Å². The zero-order chi connectivity index (χ0) is 17.1. The minimum Gasteiger partial charge on any atom is -0.338 e. The summed E-state index contributed by atoms with van der Waals surface area (Å²) < 4.78 is 19.0. The SMILES string of the molecule is Fc1cccc(C2CCCN2Cc2nc(Cc3ccccc3)no2)c1. The molecule has 0 N–H and O–H groups in total. The number of hydrogen-bond acceptors (Lipinski definition) is 4. The lowest BCUT2D eigenvalue weighted by Crippen LogP contribution is -2.23. The molecule has 0 aliphatic carbocycles. The first-order valence-electron chi connectivity index (χ1n) is 8.63. The van der Waals surface area contributed by atoms with Crippen LogP contribution in [-0.4, -0.2) is 21.6 Å². The Morgan fingerprint density at radius 2 is 2.00 bits per heavy atom. The molecular weight excluding hydrogens is 317 g/mol. The molecule has 0 bridgehead atoms. The van der Waals surface area contributed by atoms with Crippen LogP contribution in [0.2, 0.25) is 0 Å². The molecule has 1 atom stereocenters. The van der Waals surface area contributed by atoms with Gasteiger partial charge in [-0.2, -0.15) is 4.98 Å². The van der Waals surface area contributed by atoms with Crippen LogP contribution in [0, 0.1) is 5.82 Å². The van der Waals surface area contributed by atoms with Crippen molar-refractivity contribution in [1.29, 1.82) is 0 Å². The van der Waals surface area contributed by atoms with Crippen molar-refractivity contribution in [3.8, 4) is 0 Å². The van der Waals surface area contributed by atoms with Gasteiger partial charge in [-0.15, -0.1) is 0 Å². The molecule has 5 heteroatoms. The van der Waals surface area contributed by atoms with Crippen LogP contribution in [0.3, 0.4) is 0 Å². The number of likely N-dealkylation sites (tertiary alicyclic amines) is 1. The van der Waals surface area contributed by atoms with E-state index >= 15 is 0 Å². The molecule has 2 aromatic carbocycles. The monoisotopic (exact) mass is 337 g/mol. The van der Waals surface area contributed by atoms with Gasteiger partial charge >= 0.3 is 0 Å². The summed E-state index contributed by atoms with van der Waals surface area (Å²) in [5, 5.41) is 4.09. The summed E-state index contributed by atoms with van der Waals surface area (Å²) in [5.41, 5.74) is 2.18. The molecule has 3 aromatic rings. The van der Waals surface area contributed by atoms with Crippen molar-refractivity contribution in [2.45, 2.75) is 31.8 Å². The second-order valence-corrected chi connectivity index (χ2v) is 6.45. The maximum Gasteiger partial charge on any atom is 0.240 e. The summed E-state index contributed by atoms with van der Waals surface area (Å²) >= 11 is 0. The fraction of sp³-hybridized carbons (Fsp3) is 0.300. The van der Waals surface area contributed by atoms with Crippen molar-refractivity contribution in [1.82, 2.24) is 15.0 Å². The molecule has 0 amide bonds. The third-order valence-corrected chi connectivity index (χ3v) is 4.65. The van der Waals surface area contributed by atoms with E-state index in [0.29, 0.717) is 24.7 Å². The van der Waals surface area contributed by atoms with E-state index < -0.39 is 0 Å². The van der Waals surface area contributed by atoms with Gasteiger partial charge < -0.3 is 4.52 Å². The van der Waals surface area contributed by atoms with Crippen LogP contribution < -0.4 is 0 Å². The van der Waals surface area contributed by atoms with Gasteiger partial charge in [0.05, 0.1) is 6.54 Å². The fourth-order valence-electron chi connectivity index (χ4n) is 3.49. The van der Waals surface area contributed by atoms with E-state index in [-0.39, 0.29) is 11.9 Å². The highest BCUT2D eigenvalue weighted by Gasteiger charge is 2.27. The van der Waals surface area contributed by atoms with Crippen molar-refractivity contribution in [2.75, 3.05) is 6.54 Å². The third kappa shape index (κ3) is 3.77. The highest BCUT2D eigenvalue weighted by Crippen LogP contribution is 2.33. The lowest BCUT2D eigenvalue weighted by Gasteiger charge is -2.23. The van der Waals surface area contributed by atoms with Crippen molar-refractivity contribution in [3.05, 3.63) is 83.3 Å². The number of hydrogen-bond donors (Lipinski definition) is 0. The Bertz CT molecular complexity index is 834. The van der Waals surface area contributed by atoms with E-state index in [1.807, 2.05) is 24.3 Å². The van der Waals surface area contributed by atoms with E-state index in [2.05, 4.69) is 27.2 Å². The Hall–Kier alpha value is -2.53. The molecule has 1 unspecified atom stereocenters. The number of rotatable bonds is 5. The third-order valence-electron chi connectivity index (χ3n) is 4.65. The van der Waals surface area contributed by atoms with Crippen LogP contribution in [0.4, 0.5) is 4.39 Å². The largest absolute Gasteiger partial charge is 0.338 e. The van der Waals surface area contributed by atoms with Gasteiger partial charge in [-0.25, -0.2) is 4.39 Å². The van der Waals surface area contributed by atoms with E-state index in [4.69, 9.17) is 4.52 Å². The van der Waals surface area contributed by atoms with Gasteiger partial charge in [-0.3, -0.25) is 4.90 Å². The highest BCUT2D eigenvalue weighted by atomic mass is 19.1. The second kappa shape index (κ2) is 7.15. The summed E-state index contributed by atoms with van der Waals surface area (Å²) in [6.45, 7) is 1.56.